The van der Waals surface area contributed by atoms with Crippen molar-refractivity contribution in [3.8, 4) is 11.5 Å². The molecular formula is C19H27N3O3. The molecule has 1 aromatic carbocycles. The van der Waals surface area contributed by atoms with Gasteiger partial charge in [-0.25, -0.2) is 0 Å². The number of phenolic OH excluding ortho intramolecular Hbond substituents is 1. The monoisotopic (exact) mass is 345 g/mol. The quantitative estimate of drug-likeness (QED) is 0.806. The Morgan fingerprint density at radius 3 is 2.76 bits per heavy atom. The number of aliphatic hydroxyl groups is 1. The van der Waals surface area contributed by atoms with Crippen molar-refractivity contribution >= 4 is 0 Å². The van der Waals surface area contributed by atoms with Gasteiger partial charge in [-0.1, -0.05) is 12.1 Å². The van der Waals surface area contributed by atoms with Gasteiger partial charge in [0.2, 0.25) is 0 Å². The van der Waals surface area contributed by atoms with Crippen molar-refractivity contribution in [3.63, 3.8) is 0 Å². The van der Waals surface area contributed by atoms with E-state index in [-0.39, 0.29) is 12.4 Å². The van der Waals surface area contributed by atoms with Crippen LogP contribution in [0.15, 0.2) is 30.5 Å². The Morgan fingerprint density at radius 1 is 1.24 bits per heavy atom. The molecule has 6 nitrogen and oxygen atoms in total. The molecule has 0 unspecified atom stereocenters. The van der Waals surface area contributed by atoms with E-state index in [0.29, 0.717) is 24.8 Å². The maximum absolute atomic E-state index is 10.4. The maximum Gasteiger partial charge on any atom is 0.162 e. The van der Waals surface area contributed by atoms with Crippen molar-refractivity contribution in [1.29, 1.82) is 0 Å². The highest BCUT2D eigenvalue weighted by atomic mass is 16.5. The first kappa shape index (κ1) is 17.8. The Morgan fingerprint density at radius 2 is 2.04 bits per heavy atom. The average Bonchev–Trinajstić information content (AvgIpc) is 3.08. The van der Waals surface area contributed by atoms with Gasteiger partial charge in [-0.15, -0.1) is 0 Å². The third-order valence-corrected chi connectivity index (χ3v) is 4.84. The molecule has 25 heavy (non-hydrogen) atoms. The molecule has 2 aromatic rings. The minimum atomic E-state index is 0.114. The minimum absolute atomic E-state index is 0.114. The molecule has 0 amide bonds. The van der Waals surface area contributed by atoms with Crippen LogP contribution in [0.4, 0.5) is 0 Å². The van der Waals surface area contributed by atoms with Gasteiger partial charge < -0.3 is 14.9 Å². The summed E-state index contributed by atoms with van der Waals surface area (Å²) in [6.45, 7) is 5.82. The zero-order valence-corrected chi connectivity index (χ0v) is 14.8. The third-order valence-electron chi connectivity index (χ3n) is 4.84. The first-order valence-electron chi connectivity index (χ1n) is 9.01. The minimum Gasteiger partial charge on any atom is -0.504 e. The van der Waals surface area contributed by atoms with E-state index in [9.17, 15) is 5.11 Å². The zero-order chi connectivity index (χ0) is 17.6. The number of piperidine rings is 1. The molecule has 1 aliphatic heterocycles. The number of benzene rings is 1. The van der Waals surface area contributed by atoms with Gasteiger partial charge in [-0.2, -0.15) is 5.10 Å². The molecule has 0 spiro atoms. The second kappa shape index (κ2) is 8.36. The Labute approximate surface area is 148 Å². The van der Waals surface area contributed by atoms with Crippen LogP contribution in [-0.2, 0) is 13.1 Å². The third kappa shape index (κ3) is 4.14. The summed E-state index contributed by atoms with van der Waals surface area (Å²) in [5.41, 5.74) is 2.13. The predicted molar refractivity (Wildman–Crippen MR) is 95.8 cm³/mol. The van der Waals surface area contributed by atoms with E-state index in [4.69, 9.17) is 9.84 Å². The Hall–Kier alpha value is -2.05. The fourth-order valence-electron chi connectivity index (χ4n) is 3.57. The molecule has 0 aliphatic carbocycles. The summed E-state index contributed by atoms with van der Waals surface area (Å²) < 4.78 is 7.38. The van der Waals surface area contributed by atoms with E-state index >= 15 is 0 Å². The molecule has 1 aromatic heterocycles. The summed E-state index contributed by atoms with van der Waals surface area (Å²) >= 11 is 0. The SMILES string of the molecule is CCOc1cccc(CN2CCC(c3ccnn3CCO)CC2)c1O. The summed E-state index contributed by atoms with van der Waals surface area (Å²) in [6, 6.07) is 7.75. The van der Waals surface area contributed by atoms with Crippen LogP contribution < -0.4 is 4.74 Å². The number of para-hydroxylation sites is 1. The smallest absolute Gasteiger partial charge is 0.162 e. The lowest BCUT2D eigenvalue weighted by Gasteiger charge is -2.32. The average molecular weight is 345 g/mol. The molecule has 6 heteroatoms. The van der Waals surface area contributed by atoms with Gasteiger partial charge >= 0.3 is 0 Å². The Bertz CT molecular complexity index is 678. The van der Waals surface area contributed by atoms with Crippen LogP contribution in [0.5, 0.6) is 11.5 Å². The molecule has 1 saturated heterocycles. The number of nitrogens with zero attached hydrogens (tertiary/aromatic N) is 3. The fourth-order valence-corrected chi connectivity index (χ4v) is 3.57. The van der Waals surface area contributed by atoms with Gasteiger partial charge in [0.15, 0.2) is 11.5 Å². The van der Waals surface area contributed by atoms with Crippen molar-refractivity contribution in [3.05, 3.63) is 41.7 Å². The molecule has 2 heterocycles. The highest BCUT2D eigenvalue weighted by Gasteiger charge is 2.24. The molecule has 0 radical (unpaired) electrons. The van der Waals surface area contributed by atoms with Crippen LogP contribution in [0.3, 0.4) is 0 Å². The van der Waals surface area contributed by atoms with E-state index in [1.54, 1.807) is 6.07 Å². The van der Waals surface area contributed by atoms with E-state index in [2.05, 4.69) is 16.1 Å². The van der Waals surface area contributed by atoms with Crippen molar-refractivity contribution in [2.75, 3.05) is 26.3 Å². The summed E-state index contributed by atoms with van der Waals surface area (Å²) in [5, 5.41) is 23.8. The van der Waals surface area contributed by atoms with Gasteiger partial charge in [0.25, 0.3) is 0 Å². The highest BCUT2D eigenvalue weighted by Crippen LogP contribution is 2.33. The van der Waals surface area contributed by atoms with Crippen molar-refractivity contribution < 1.29 is 14.9 Å². The molecule has 1 fully saturated rings. The van der Waals surface area contributed by atoms with Gasteiger partial charge in [0, 0.05) is 29.9 Å². The number of aromatic nitrogens is 2. The number of hydrogen-bond donors (Lipinski definition) is 2. The van der Waals surface area contributed by atoms with Crippen molar-refractivity contribution in [2.45, 2.75) is 38.8 Å². The lowest BCUT2D eigenvalue weighted by molar-refractivity contribution is 0.196. The number of phenols is 1. The van der Waals surface area contributed by atoms with Gasteiger partial charge in [-0.05, 0) is 45.0 Å². The second-order valence-corrected chi connectivity index (χ2v) is 6.45. The first-order valence-corrected chi connectivity index (χ1v) is 9.01. The molecular weight excluding hydrogens is 318 g/mol. The number of likely N-dealkylation sites (tertiary alicyclic amines) is 1. The van der Waals surface area contributed by atoms with E-state index in [1.165, 1.54) is 5.69 Å². The van der Waals surface area contributed by atoms with E-state index in [0.717, 1.165) is 38.0 Å². The number of aromatic hydroxyl groups is 1. The van der Waals surface area contributed by atoms with Crippen LogP contribution in [0.1, 0.15) is 36.9 Å². The number of rotatable bonds is 7. The zero-order valence-electron chi connectivity index (χ0n) is 14.8. The van der Waals surface area contributed by atoms with Crippen molar-refractivity contribution in [2.24, 2.45) is 0 Å². The van der Waals surface area contributed by atoms with Crippen LogP contribution in [0.25, 0.3) is 0 Å². The van der Waals surface area contributed by atoms with Gasteiger partial charge in [0.05, 0.1) is 19.8 Å². The summed E-state index contributed by atoms with van der Waals surface area (Å²) in [4.78, 5) is 2.37. The van der Waals surface area contributed by atoms with Crippen LogP contribution in [0.2, 0.25) is 0 Å². The molecule has 0 atom stereocenters. The molecule has 0 bridgehead atoms. The lowest BCUT2D eigenvalue weighted by atomic mass is 9.93. The van der Waals surface area contributed by atoms with Crippen LogP contribution >= 0.6 is 0 Å². The highest BCUT2D eigenvalue weighted by molar-refractivity contribution is 5.45. The fraction of sp³-hybridized carbons (Fsp3) is 0.526. The van der Waals surface area contributed by atoms with Gasteiger partial charge in [-0.3, -0.25) is 9.58 Å². The molecule has 1 aliphatic rings. The van der Waals surface area contributed by atoms with E-state index in [1.807, 2.05) is 29.9 Å². The number of ether oxygens (including phenoxy) is 1. The summed E-state index contributed by atoms with van der Waals surface area (Å²) in [7, 11) is 0. The lowest BCUT2D eigenvalue weighted by Crippen LogP contribution is -2.33. The van der Waals surface area contributed by atoms with Crippen molar-refractivity contribution in [1.82, 2.24) is 14.7 Å². The predicted octanol–water partition coefficient (Wildman–Crippen LogP) is 2.36. The first-order chi connectivity index (χ1) is 12.2. The maximum atomic E-state index is 10.4. The molecule has 136 valence electrons. The molecule has 2 N–H and O–H groups in total. The summed E-state index contributed by atoms with van der Waals surface area (Å²) in [5.74, 6) is 1.30. The Kier molecular flexibility index (Phi) is 5.94. The number of hydrogen-bond acceptors (Lipinski definition) is 5. The van der Waals surface area contributed by atoms with Gasteiger partial charge in [0.1, 0.15) is 0 Å². The summed E-state index contributed by atoms with van der Waals surface area (Å²) in [6.07, 6.45) is 3.93. The normalized spacial score (nSPS) is 16.2. The largest absolute Gasteiger partial charge is 0.504 e. The second-order valence-electron chi connectivity index (χ2n) is 6.45. The molecule has 0 saturated carbocycles. The topological polar surface area (TPSA) is 70.8 Å². The van der Waals surface area contributed by atoms with E-state index < -0.39 is 0 Å². The van der Waals surface area contributed by atoms with Crippen LogP contribution in [0, 0.1) is 0 Å². The standard InChI is InChI=1S/C19H27N3O3/c1-2-25-18-5-3-4-16(19(18)24)14-21-10-7-15(8-11-21)17-6-9-20-22(17)12-13-23/h3-6,9,15,23-24H,2,7-8,10-14H2,1H3. The van der Waals surface area contributed by atoms with Crippen LogP contribution in [-0.4, -0.2) is 51.2 Å². The Balaban J connectivity index is 1.60. The number of aliphatic hydroxyl groups excluding tert-OH is 1. The molecule has 3 rings (SSSR count).